The number of amides is 1. The van der Waals surface area contributed by atoms with Crippen LogP contribution in [0.3, 0.4) is 0 Å². The van der Waals surface area contributed by atoms with Crippen molar-refractivity contribution in [2.75, 3.05) is 0 Å². The van der Waals surface area contributed by atoms with Gasteiger partial charge in [-0.05, 0) is 54.8 Å². The number of carbonyl (C=O) groups is 1. The smallest absolute Gasteiger partial charge is 0.269 e. The van der Waals surface area contributed by atoms with Crippen LogP contribution in [-0.4, -0.2) is 29.6 Å². The highest BCUT2D eigenvalue weighted by molar-refractivity contribution is 7.89. The number of sulfonamides is 1. The minimum Gasteiger partial charge on any atom is -0.468 e. The number of nitro groups is 1. The fourth-order valence-electron chi connectivity index (χ4n) is 3.15. The van der Waals surface area contributed by atoms with Gasteiger partial charge < -0.3 is 9.73 Å². The van der Waals surface area contributed by atoms with Gasteiger partial charge in [0.2, 0.25) is 10.0 Å². The maximum Gasteiger partial charge on any atom is 0.269 e. The van der Waals surface area contributed by atoms with Crippen molar-refractivity contribution in [2.24, 2.45) is 0 Å². The molecule has 0 saturated heterocycles. The number of rotatable bonds is 9. The first-order chi connectivity index (χ1) is 15.3. The Morgan fingerprint density at radius 2 is 1.75 bits per heavy atom. The highest BCUT2D eigenvalue weighted by Gasteiger charge is 2.27. The van der Waals surface area contributed by atoms with E-state index in [0.717, 1.165) is 25.0 Å². The van der Waals surface area contributed by atoms with E-state index in [2.05, 4.69) is 5.32 Å². The van der Waals surface area contributed by atoms with Crippen LogP contribution in [0.5, 0.6) is 0 Å². The predicted molar refractivity (Wildman–Crippen MR) is 115 cm³/mol. The van der Waals surface area contributed by atoms with Crippen molar-refractivity contribution in [3.8, 4) is 0 Å². The van der Waals surface area contributed by atoms with Crippen molar-refractivity contribution in [3.63, 3.8) is 0 Å². The normalized spacial score (nSPS) is 13.8. The summed E-state index contributed by atoms with van der Waals surface area (Å²) in [6, 6.07) is 15.1. The van der Waals surface area contributed by atoms with E-state index >= 15 is 0 Å². The van der Waals surface area contributed by atoms with Gasteiger partial charge in [0.15, 0.2) is 0 Å². The number of nitrogens with zero attached hydrogens (tertiary/aromatic N) is 2. The van der Waals surface area contributed by atoms with E-state index in [4.69, 9.17) is 4.42 Å². The summed E-state index contributed by atoms with van der Waals surface area (Å²) in [7, 11) is -3.98. The topological polar surface area (TPSA) is 123 Å². The molecule has 0 spiro atoms. The van der Waals surface area contributed by atoms with Gasteiger partial charge in [0.05, 0.1) is 22.6 Å². The minimum atomic E-state index is -3.98. The monoisotopic (exact) mass is 455 g/mol. The van der Waals surface area contributed by atoms with Crippen LogP contribution in [0.25, 0.3) is 0 Å². The molecule has 1 aliphatic carbocycles. The second-order valence-electron chi connectivity index (χ2n) is 7.55. The summed E-state index contributed by atoms with van der Waals surface area (Å²) < 4.78 is 33.2. The Morgan fingerprint density at radius 3 is 2.31 bits per heavy atom. The van der Waals surface area contributed by atoms with E-state index in [1.807, 2.05) is 0 Å². The van der Waals surface area contributed by atoms with Crippen LogP contribution in [0.15, 0.2) is 76.2 Å². The first kappa shape index (κ1) is 21.7. The van der Waals surface area contributed by atoms with E-state index in [9.17, 15) is 23.3 Å². The third kappa shape index (κ3) is 5.04. The van der Waals surface area contributed by atoms with Crippen molar-refractivity contribution in [1.29, 1.82) is 0 Å². The molecule has 1 N–H and O–H groups in total. The van der Waals surface area contributed by atoms with Crippen molar-refractivity contribution in [1.82, 2.24) is 9.62 Å². The number of hydrogen-bond donors (Lipinski definition) is 1. The molecule has 166 valence electrons. The van der Waals surface area contributed by atoms with Gasteiger partial charge in [-0.2, -0.15) is 4.31 Å². The molecule has 0 radical (unpaired) electrons. The van der Waals surface area contributed by atoms with Gasteiger partial charge in [-0.15, -0.1) is 0 Å². The number of hydrogen-bond acceptors (Lipinski definition) is 6. The summed E-state index contributed by atoms with van der Waals surface area (Å²) in [6.45, 7) is 0.0147. The van der Waals surface area contributed by atoms with Gasteiger partial charge in [0.25, 0.3) is 11.6 Å². The molecule has 10 heteroatoms. The molecular formula is C22H21N3O6S. The maximum absolute atomic E-state index is 13.3. The summed E-state index contributed by atoms with van der Waals surface area (Å²) in [5.41, 5.74) is 1.00. The molecule has 1 amide bonds. The Hall–Kier alpha value is -3.50. The SMILES string of the molecule is O=C(NC1CC1)c1ccc(CN(Cc2ccco2)S(=O)(=O)c2ccc([N+](=O)[O-])cc2)cc1. The van der Waals surface area contributed by atoms with Gasteiger partial charge in [-0.25, -0.2) is 8.42 Å². The number of benzene rings is 2. The molecule has 3 aromatic rings. The average Bonchev–Trinajstić information content (AvgIpc) is 3.45. The van der Waals surface area contributed by atoms with Crippen LogP contribution >= 0.6 is 0 Å². The summed E-state index contributed by atoms with van der Waals surface area (Å²) in [5.74, 6) is 0.306. The standard InChI is InChI=1S/C22H21N3O6S/c26-22(23-18-7-8-18)17-5-3-16(4-6-17)14-24(15-20-2-1-13-31-20)32(29,30)21-11-9-19(10-12-21)25(27)28/h1-6,9-13,18H,7-8,14-15H2,(H,23,26). The molecule has 32 heavy (non-hydrogen) atoms. The Balaban J connectivity index is 1.57. The molecule has 0 bridgehead atoms. The zero-order valence-corrected chi connectivity index (χ0v) is 17.8. The number of nitro benzene ring substituents is 1. The fraction of sp³-hybridized carbons (Fsp3) is 0.227. The molecule has 1 saturated carbocycles. The molecule has 0 unspecified atom stereocenters. The van der Waals surface area contributed by atoms with Crippen molar-refractivity contribution < 1.29 is 22.6 Å². The first-order valence-electron chi connectivity index (χ1n) is 10.00. The molecule has 0 atom stereocenters. The van der Waals surface area contributed by atoms with E-state index < -0.39 is 14.9 Å². The number of furan rings is 1. The molecular weight excluding hydrogens is 434 g/mol. The van der Waals surface area contributed by atoms with E-state index in [1.54, 1.807) is 36.4 Å². The average molecular weight is 455 g/mol. The molecule has 2 aromatic carbocycles. The lowest BCUT2D eigenvalue weighted by Crippen LogP contribution is -2.30. The Labute approximate surface area is 184 Å². The first-order valence-corrected chi connectivity index (χ1v) is 11.4. The second-order valence-corrected chi connectivity index (χ2v) is 9.49. The van der Waals surface area contributed by atoms with Crippen LogP contribution in [0.4, 0.5) is 5.69 Å². The van der Waals surface area contributed by atoms with E-state index in [0.29, 0.717) is 16.9 Å². The molecule has 1 aliphatic rings. The maximum atomic E-state index is 13.3. The van der Waals surface area contributed by atoms with Crippen LogP contribution in [0.2, 0.25) is 0 Å². The Kier molecular flexibility index (Phi) is 6.06. The quantitative estimate of drug-likeness (QED) is 0.389. The van der Waals surface area contributed by atoms with Crippen molar-refractivity contribution in [2.45, 2.75) is 36.9 Å². The lowest BCUT2D eigenvalue weighted by Gasteiger charge is -2.21. The predicted octanol–water partition coefficient (Wildman–Crippen LogP) is 3.47. The lowest BCUT2D eigenvalue weighted by atomic mass is 10.1. The van der Waals surface area contributed by atoms with Gasteiger partial charge in [-0.3, -0.25) is 14.9 Å². The van der Waals surface area contributed by atoms with Crippen molar-refractivity contribution >= 4 is 21.6 Å². The number of carbonyl (C=O) groups excluding carboxylic acids is 1. The van der Waals surface area contributed by atoms with E-state index in [1.165, 1.54) is 22.7 Å². The summed E-state index contributed by atoms with van der Waals surface area (Å²) >= 11 is 0. The zero-order chi connectivity index (χ0) is 22.7. The minimum absolute atomic E-state index is 0.0176. The van der Waals surface area contributed by atoms with Crippen LogP contribution in [0, 0.1) is 10.1 Å². The van der Waals surface area contributed by atoms with Gasteiger partial charge in [-0.1, -0.05) is 12.1 Å². The number of non-ortho nitro benzene ring substituents is 1. The summed E-state index contributed by atoms with van der Waals surface area (Å²) in [6.07, 6.45) is 3.44. The number of nitrogens with one attached hydrogen (secondary N) is 1. The summed E-state index contributed by atoms with van der Waals surface area (Å²) in [4.78, 5) is 22.4. The van der Waals surface area contributed by atoms with Gasteiger partial charge in [0.1, 0.15) is 5.76 Å². The largest absolute Gasteiger partial charge is 0.468 e. The van der Waals surface area contributed by atoms with Crippen LogP contribution in [-0.2, 0) is 23.1 Å². The van der Waals surface area contributed by atoms with Gasteiger partial charge in [0, 0.05) is 30.3 Å². The third-order valence-corrected chi connectivity index (χ3v) is 6.89. The molecule has 9 nitrogen and oxygen atoms in total. The van der Waals surface area contributed by atoms with Crippen LogP contribution < -0.4 is 5.32 Å². The molecule has 1 heterocycles. The lowest BCUT2D eigenvalue weighted by molar-refractivity contribution is -0.384. The highest BCUT2D eigenvalue weighted by Crippen LogP contribution is 2.24. The molecule has 0 aliphatic heterocycles. The zero-order valence-electron chi connectivity index (χ0n) is 17.0. The summed E-state index contributed by atoms with van der Waals surface area (Å²) in [5, 5.41) is 13.8. The third-order valence-electron chi connectivity index (χ3n) is 5.09. The molecule has 1 fully saturated rings. The van der Waals surface area contributed by atoms with Gasteiger partial charge >= 0.3 is 0 Å². The molecule has 1 aromatic heterocycles. The fourth-order valence-corrected chi connectivity index (χ4v) is 4.55. The second kappa shape index (κ2) is 8.93. The highest BCUT2D eigenvalue weighted by atomic mass is 32.2. The Morgan fingerprint density at radius 1 is 1.06 bits per heavy atom. The molecule has 4 rings (SSSR count). The van der Waals surface area contributed by atoms with Crippen molar-refractivity contribution in [3.05, 3.63) is 93.9 Å². The Bertz CT molecular complexity index is 1200. The van der Waals surface area contributed by atoms with E-state index in [-0.39, 0.29) is 35.6 Å². The van der Waals surface area contributed by atoms with Crippen LogP contribution in [0.1, 0.15) is 34.5 Å².